The molecule has 1 aliphatic rings. The second-order valence-electron chi connectivity index (χ2n) is 3.36. The third-order valence-electron chi connectivity index (χ3n) is 2.21. The lowest BCUT2D eigenvalue weighted by Crippen LogP contribution is -2.21. The van der Waals surface area contributed by atoms with Crippen molar-refractivity contribution in [3.63, 3.8) is 0 Å². The molecule has 6 heteroatoms. The van der Waals surface area contributed by atoms with E-state index in [0.29, 0.717) is 21.5 Å². The van der Waals surface area contributed by atoms with Crippen molar-refractivity contribution in [1.29, 1.82) is 0 Å². The van der Waals surface area contributed by atoms with Gasteiger partial charge >= 0.3 is 6.03 Å². The molecule has 0 spiro atoms. The molecule has 0 atom stereocenters. The van der Waals surface area contributed by atoms with Crippen molar-refractivity contribution < 1.29 is 9.53 Å². The molecule has 1 saturated heterocycles. The van der Waals surface area contributed by atoms with E-state index in [1.165, 1.54) is 0 Å². The molecule has 0 aliphatic carbocycles. The fraction of sp³-hybridized carbons (Fsp3) is 0.0909. The van der Waals surface area contributed by atoms with Gasteiger partial charge in [0.1, 0.15) is 10.7 Å². The standard InChI is InChI=1S/C11H9ClN2O2S/c1-16-9-3-2-6(4-7(9)12)5-8-10(17)14-11(15)13-8/h2-5H,1H3,(H2,13,14,15,17)/b8-5-. The first-order valence-electron chi connectivity index (χ1n) is 4.77. The van der Waals surface area contributed by atoms with E-state index in [9.17, 15) is 4.79 Å². The molecule has 0 radical (unpaired) electrons. The van der Waals surface area contributed by atoms with Crippen LogP contribution >= 0.6 is 23.8 Å². The minimum absolute atomic E-state index is 0.319. The number of rotatable bonds is 2. The first kappa shape index (κ1) is 11.9. The van der Waals surface area contributed by atoms with Crippen LogP contribution in [-0.2, 0) is 0 Å². The number of urea groups is 1. The van der Waals surface area contributed by atoms with Gasteiger partial charge in [0.25, 0.3) is 0 Å². The number of amides is 2. The highest BCUT2D eigenvalue weighted by Gasteiger charge is 2.18. The number of hydrogen-bond donors (Lipinski definition) is 2. The van der Waals surface area contributed by atoms with Gasteiger partial charge in [-0.1, -0.05) is 29.9 Å². The summed E-state index contributed by atoms with van der Waals surface area (Å²) in [5, 5.41) is 5.58. The summed E-state index contributed by atoms with van der Waals surface area (Å²) in [6, 6.07) is 4.99. The van der Waals surface area contributed by atoms with Crippen LogP contribution in [-0.4, -0.2) is 18.1 Å². The lowest BCUT2D eigenvalue weighted by molar-refractivity contribution is 0.250. The van der Waals surface area contributed by atoms with Gasteiger partial charge in [0.15, 0.2) is 0 Å². The van der Waals surface area contributed by atoms with Gasteiger partial charge in [-0.2, -0.15) is 0 Å². The van der Waals surface area contributed by atoms with Gasteiger partial charge in [0.05, 0.1) is 17.8 Å². The summed E-state index contributed by atoms with van der Waals surface area (Å²) in [5.41, 5.74) is 1.39. The number of halogens is 1. The Kier molecular flexibility index (Phi) is 3.31. The first-order valence-corrected chi connectivity index (χ1v) is 5.56. The van der Waals surface area contributed by atoms with Gasteiger partial charge < -0.3 is 10.1 Å². The van der Waals surface area contributed by atoms with Gasteiger partial charge in [-0.25, -0.2) is 4.79 Å². The molecule has 88 valence electrons. The Bertz CT molecular complexity index is 528. The van der Waals surface area contributed by atoms with Crippen LogP contribution in [0.25, 0.3) is 6.08 Å². The zero-order valence-electron chi connectivity index (χ0n) is 8.91. The van der Waals surface area contributed by atoms with Gasteiger partial charge in [-0.3, -0.25) is 5.32 Å². The number of carbonyl (C=O) groups is 1. The minimum atomic E-state index is -0.319. The van der Waals surface area contributed by atoms with E-state index in [1.807, 2.05) is 6.07 Å². The summed E-state index contributed by atoms with van der Waals surface area (Å²) >= 11 is 11.0. The highest BCUT2D eigenvalue weighted by atomic mass is 35.5. The Labute approximate surface area is 109 Å². The maximum Gasteiger partial charge on any atom is 0.324 e. The van der Waals surface area contributed by atoms with Gasteiger partial charge in [-0.15, -0.1) is 0 Å². The minimum Gasteiger partial charge on any atom is -0.495 e. The summed E-state index contributed by atoms with van der Waals surface area (Å²) in [7, 11) is 1.55. The molecule has 0 saturated carbocycles. The van der Waals surface area contributed by atoms with E-state index in [2.05, 4.69) is 10.6 Å². The highest BCUT2D eigenvalue weighted by molar-refractivity contribution is 7.80. The number of carbonyl (C=O) groups excluding carboxylic acids is 1. The lowest BCUT2D eigenvalue weighted by Gasteiger charge is -2.03. The summed E-state index contributed by atoms with van der Waals surface area (Å²) < 4.78 is 5.05. The number of thiocarbonyl (C=S) groups is 1. The molecule has 2 amide bonds. The number of ether oxygens (including phenoxy) is 1. The molecule has 0 unspecified atom stereocenters. The quantitative estimate of drug-likeness (QED) is 0.639. The van der Waals surface area contributed by atoms with Crippen molar-refractivity contribution >= 4 is 40.9 Å². The smallest absolute Gasteiger partial charge is 0.324 e. The molecule has 2 N–H and O–H groups in total. The van der Waals surface area contributed by atoms with Crippen molar-refractivity contribution in [2.75, 3.05) is 7.11 Å². The van der Waals surface area contributed by atoms with Crippen LogP contribution in [0.2, 0.25) is 5.02 Å². The lowest BCUT2D eigenvalue weighted by atomic mass is 10.2. The third kappa shape index (κ3) is 2.57. The molecule has 1 fully saturated rings. The van der Waals surface area contributed by atoms with Crippen LogP contribution in [0.4, 0.5) is 4.79 Å². The van der Waals surface area contributed by atoms with Gasteiger partial charge in [-0.05, 0) is 23.8 Å². The van der Waals surface area contributed by atoms with E-state index in [0.717, 1.165) is 5.56 Å². The molecular weight excluding hydrogens is 260 g/mol. The Hall–Kier alpha value is -1.59. The zero-order valence-corrected chi connectivity index (χ0v) is 10.5. The van der Waals surface area contributed by atoms with E-state index < -0.39 is 0 Å². The molecule has 0 aromatic heterocycles. The molecule has 1 aliphatic heterocycles. The fourth-order valence-electron chi connectivity index (χ4n) is 1.42. The average molecular weight is 269 g/mol. The van der Waals surface area contributed by atoms with Crippen molar-refractivity contribution in [3.05, 3.63) is 34.5 Å². The second kappa shape index (κ2) is 4.73. The number of benzene rings is 1. The van der Waals surface area contributed by atoms with Gasteiger partial charge in [0.2, 0.25) is 0 Å². The van der Waals surface area contributed by atoms with E-state index in [-0.39, 0.29) is 6.03 Å². The SMILES string of the molecule is COc1ccc(/C=C2\NC(=O)NC2=S)cc1Cl. The molecule has 4 nitrogen and oxygen atoms in total. The number of methoxy groups -OCH3 is 1. The maximum atomic E-state index is 11.0. The summed E-state index contributed by atoms with van der Waals surface area (Å²) in [6.07, 6.45) is 1.74. The van der Waals surface area contributed by atoms with Crippen LogP contribution in [0.1, 0.15) is 5.56 Å². The van der Waals surface area contributed by atoms with Crippen molar-refractivity contribution in [2.24, 2.45) is 0 Å². The number of nitrogens with one attached hydrogen (secondary N) is 2. The first-order chi connectivity index (χ1) is 8.10. The second-order valence-corrected chi connectivity index (χ2v) is 4.18. The van der Waals surface area contributed by atoms with Crippen LogP contribution in [0.15, 0.2) is 23.9 Å². The number of hydrogen-bond acceptors (Lipinski definition) is 3. The molecule has 1 aromatic rings. The third-order valence-corrected chi connectivity index (χ3v) is 2.82. The average Bonchev–Trinajstić information content (AvgIpc) is 2.58. The van der Waals surface area contributed by atoms with Crippen LogP contribution in [0, 0.1) is 0 Å². The summed E-state index contributed by atoms with van der Waals surface area (Å²) in [6.45, 7) is 0. The van der Waals surface area contributed by atoms with Crippen molar-refractivity contribution in [1.82, 2.24) is 10.6 Å². The van der Waals surface area contributed by atoms with Gasteiger partial charge in [0, 0.05) is 0 Å². The molecule has 1 heterocycles. The van der Waals surface area contributed by atoms with E-state index in [4.69, 9.17) is 28.6 Å². The van der Waals surface area contributed by atoms with E-state index >= 15 is 0 Å². The van der Waals surface area contributed by atoms with Crippen LogP contribution < -0.4 is 15.4 Å². The molecule has 0 bridgehead atoms. The Balaban J connectivity index is 2.30. The normalized spacial score (nSPS) is 16.9. The predicted molar refractivity (Wildman–Crippen MR) is 70.2 cm³/mol. The predicted octanol–water partition coefficient (Wildman–Crippen LogP) is 2.33. The Morgan fingerprint density at radius 2 is 2.18 bits per heavy atom. The summed E-state index contributed by atoms with van der Waals surface area (Å²) in [4.78, 5) is 11.4. The van der Waals surface area contributed by atoms with Crippen molar-refractivity contribution in [3.8, 4) is 5.75 Å². The molecular formula is C11H9ClN2O2S. The summed E-state index contributed by atoms with van der Waals surface area (Å²) in [5.74, 6) is 0.602. The fourth-order valence-corrected chi connectivity index (χ4v) is 1.89. The Morgan fingerprint density at radius 1 is 1.41 bits per heavy atom. The maximum absolute atomic E-state index is 11.0. The molecule has 17 heavy (non-hydrogen) atoms. The Morgan fingerprint density at radius 3 is 2.71 bits per heavy atom. The monoisotopic (exact) mass is 268 g/mol. The topological polar surface area (TPSA) is 50.4 Å². The molecule has 1 aromatic carbocycles. The van der Waals surface area contributed by atoms with Crippen LogP contribution in [0.5, 0.6) is 5.75 Å². The molecule has 2 rings (SSSR count). The van der Waals surface area contributed by atoms with E-state index in [1.54, 1.807) is 25.3 Å². The van der Waals surface area contributed by atoms with Crippen molar-refractivity contribution in [2.45, 2.75) is 0 Å². The zero-order chi connectivity index (χ0) is 12.4. The largest absolute Gasteiger partial charge is 0.495 e. The van der Waals surface area contributed by atoms with Crippen LogP contribution in [0.3, 0.4) is 0 Å². The highest BCUT2D eigenvalue weighted by Crippen LogP contribution is 2.25.